The maximum atomic E-state index is 12.6. The molecule has 0 N–H and O–H groups in total. The van der Waals surface area contributed by atoms with Crippen molar-refractivity contribution in [1.82, 2.24) is 0 Å². The monoisotopic (exact) mass is 660 g/mol. The summed E-state index contributed by atoms with van der Waals surface area (Å²) in [7, 11) is 6.63. The van der Waals surface area contributed by atoms with Crippen molar-refractivity contribution in [3.8, 4) is 11.5 Å². The molecular weight excluding hydrogens is 596 g/mol. The predicted molar refractivity (Wildman–Crippen MR) is 193 cm³/mol. The predicted octanol–water partition coefficient (Wildman–Crippen LogP) is 8.20. The van der Waals surface area contributed by atoms with Crippen molar-refractivity contribution in [2.75, 3.05) is 60.5 Å². The van der Waals surface area contributed by atoms with Gasteiger partial charge in [-0.05, 0) is 97.8 Å². The van der Waals surface area contributed by atoms with Gasteiger partial charge >= 0.3 is 5.97 Å². The first kappa shape index (κ1) is 34.2. The Bertz CT molecular complexity index is 1420. The molecule has 4 aliphatic carbocycles. The summed E-state index contributed by atoms with van der Waals surface area (Å²) in [6, 6.07) is 7.13. The smallest absolute Gasteiger partial charge is 0.303 e. The summed E-state index contributed by atoms with van der Waals surface area (Å²) >= 11 is 0. The number of ether oxygens (including phenoxy) is 3. The maximum Gasteiger partial charge on any atom is 0.303 e. The largest absolute Gasteiger partial charge is 0.493 e. The van der Waals surface area contributed by atoms with Gasteiger partial charge in [-0.1, -0.05) is 37.6 Å². The molecule has 3 saturated carbocycles. The normalized spacial score (nSPS) is 37.6. The fraction of sp³-hybridized carbons (Fsp3) is 0.738. The molecule has 1 aromatic rings. The van der Waals surface area contributed by atoms with E-state index in [2.05, 4.69) is 58.3 Å². The second-order valence-electron chi connectivity index (χ2n) is 17.9. The highest BCUT2D eigenvalue weighted by atomic mass is 16.5. The summed E-state index contributed by atoms with van der Waals surface area (Å²) in [5, 5.41) is 0. The lowest BCUT2D eigenvalue weighted by Gasteiger charge is -2.58. The zero-order valence-corrected chi connectivity index (χ0v) is 31.0. The molecule has 2 heterocycles. The van der Waals surface area contributed by atoms with Crippen LogP contribution in [-0.4, -0.2) is 87.6 Å². The van der Waals surface area contributed by atoms with Gasteiger partial charge in [0, 0.05) is 38.0 Å². The van der Waals surface area contributed by atoms with Crippen molar-refractivity contribution >= 4 is 12.0 Å². The molecule has 0 bridgehead atoms. The van der Waals surface area contributed by atoms with Gasteiger partial charge in [-0.15, -0.1) is 0 Å². The molecule has 2 saturated heterocycles. The molecule has 0 amide bonds. The highest BCUT2D eigenvalue weighted by molar-refractivity contribution is 5.68. The number of benzene rings is 1. The lowest BCUT2D eigenvalue weighted by Crippen LogP contribution is -2.56. The average Bonchev–Trinajstić information content (AvgIpc) is 3.62. The Morgan fingerprint density at radius 1 is 0.938 bits per heavy atom. The van der Waals surface area contributed by atoms with E-state index in [1.165, 1.54) is 100 Å². The molecule has 2 aliphatic heterocycles. The van der Waals surface area contributed by atoms with Crippen LogP contribution in [0.4, 0.5) is 0 Å². The fourth-order valence-electron chi connectivity index (χ4n) is 11.9. The third-order valence-corrected chi connectivity index (χ3v) is 15.0. The summed E-state index contributed by atoms with van der Waals surface area (Å²) in [6.07, 6.45) is 20.2. The zero-order chi connectivity index (χ0) is 33.7. The van der Waals surface area contributed by atoms with Crippen LogP contribution in [0, 0.1) is 28.6 Å². The van der Waals surface area contributed by atoms with Crippen LogP contribution in [0.1, 0.15) is 103 Å². The number of nitrogens with zero attached hydrogens (tertiary/aromatic N) is 2. The quantitative estimate of drug-likeness (QED) is 0.160. The van der Waals surface area contributed by atoms with Crippen molar-refractivity contribution < 1.29 is 28.0 Å². The van der Waals surface area contributed by atoms with E-state index >= 15 is 0 Å². The van der Waals surface area contributed by atoms with Crippen LogP contribution in [-0.2, 0) is 9.53 Å². The van der Waals surface area contributed by atoms with Crippen LogP contribution >= 0.6 is 0 Å². The number of hydrogen-bond donors (Lipinski definition) is 0. The third-order valence-electron chi connectivity index (χ3n) is 15.0. The summed E-state index contributed by atoms with van der Waals surface area (Å²) in [5.74, 6) is 3.30. The minimum atomic E-state index is -0.176. The molecule has 6 nitrogen and oxygen atoms in total. The number of methoxy groups -OCH3 is 1. The average molecular weight is 661 g/mol. The fourth-order valence-corrected chi connectivity index (χ4v) is 11.9. The zero-order valence-electron chi connectivity index (χ0n) is 31.0. The van der Waals surface area contributed by atoms with E-state index < -0.39 is 0 Å². The minimum Gasteiger partial charge on any atom is -0.493 e. The summed E-state index contributed by atoms with van der Waals surface area (Å²) in [4.78, 5) is 12.6. The molecule has 1 aromatic carbocycles. The molecule has 48 heavy (non-hydrogen) atoms. The Labute approximate surface area is 291 Å². The van der Waals surface area contributed by atoms with Gasteiger partial charge in [-0.25, -0.2) is 0 Å². The molecule has 7 rings (SSSR count). The first-order chi connectivity index (χ1) is 23.0. The third kappa shape index (κ3) is 6.16. The maximum absolute atomic E-state index is 12.6. The van der Waals surface area contributed by atoms with Crippen LogP contribution in [0.25, 0.3) is 6.08 Å². The molecule has 0 spiro atoms. The number of fused-ring (bicyclic) bond motifs is 5. The molecule has 264 valence electrons. The minimum absolute atomic E-state index is 0.0353. The number of quaternary nitrogens is 2. The van der Waals surface area contributed by atoms with Crippen LogP contribution in [0.2, 0.25) is 0 Å². The van der Waals surface area contributed by atoms with Gasteiger partial charge in [0.05, 0.1) is 53.4 Å². The summed E-state index contributed by atoms with van der Waals surface area (Å²) < 4.78 is 20.8. The van der Waals surface area contributed by atoms with Gasteiger partial charge in [-0.3, -0.25) is 4.79 Å². The van der Waals surface area contributed by atoms with E-state index in [1.807, 2.05) is 0 Å². The van der Waals surface area contributed by atoms with Crippen molar-refractivity contribution in [2.45, 2.75) is 110 Å². The van der Waals surface area contributed by atoms with Gasteiger partial charge in [0.1, 0.15) is 19.3 Å². The van der Waals surface area contributed by atoms with Crippen LogP contribution in [0.3, 0.4) is 0 Å². The number of piperidine rings is 1. The van der Waals surface area contributed by atoms with Crippen LogP contribution < -0.4 is 9.47 Å². The summed E-state index contributed by atoms with van der Waals surface area (Å²) in [5.41, 5.74) is 4.43. The van der Waals surface area contributed by atoms with Crippen molar-refractivity contribution in [2.24, 2.45) is 28.6 Å². The van der Waals surface area contributed by atoms with Gasteiger partial charge in [0.25, 0.3) is 0 Å². The second-order valence-corrected chi connectivity index (χ2v) is 17.9. The Morgan fingerprint density at radius 3 is 2.42 bits per heavy atom. The molecule has 0 unspecified atom stereocenters. The standard InChI is InChI=1S/C42H64N2O4/c1-30(45)48-40-32(26-31-12-15-38(39(27-31)46-6)47-25-24-43(4)20-8-7-9-21-43)28-37-35-14-13-33-29-34(44(5)22-10-11-23-44)16-18-41(33,2)36(35)17-19-42(37,40)3/h12-13,15,26-27,34-37,40H,7-11,14,16-25,28-29H2,1-6H3/q+2/b32-26+/t34-,35+,36-,37-,40-,41-,42-/m0/s1. The van der Waals surface area contributed by atoms with Crippen molar-refractivity contribution in [1.29, 1.82) is 0 Å². The van der Waals surface area contributed by atoms with E-state index in [0.717, 1.165) is 52.9 Å². The SMILES string of the molecule is COc1cc(/C=C2\C[C@H]3[C@@H]4CC=C5C[C@@H]([N+]6(C)CCCC6)CC[C@]5(C)[C@H]4CC[C@]3(C)[C@H]2OC(C)=O)ccc1OCC[N+]1(C)CCCCC1. The number of carbonyl (C=O) groups excluding carboxylic acids is 1. The van der Waals surface area contributed by atoms with Crippen LogP contribution in [0.5, 0.6) is 11.5 Å². The van der Waals surface area contributed by atoms with Crippen LogP contribution in [0.15, 0.2) is 35.4 Å². The Morgan fingerprint density at radius 2 is 1.69 bits per heavy atom. The number of hydrogen-bond acceptors (Lipinski definition) is 4. The number of carbonyl (C=O) groups is 1. The lowest BCUT2D eigenvalue weighted by atomic mass is 9.47. The summed E-state index contributed by atoms with van der Waals surface area (Å²) in [6.45, 7) is 13.6. The molecule has 5 fully saturated rings. The molecule has 7 atom stereocenters. The van der Waals surface area contributed by atoms with E-state index in [9.17, 15) is 4.79 Å². The highest BCUT2D eigenvalue weighted by Gasteiger charge is 2.61. The Kier molecular flexibility index (Phi) is 9.32. The Hall–Kier alpha value is -2.31. The van der Waals surface area contributed by atoms with Gasteiger partial charge in [-0.2, -0.15) is 0 Å². The van der Waals surface area contributed by atoms with Gasteiger partial charge < -0.3 is 23.2 Å². The lowest BCUT2D eigenvalue weighted by molar-refractivity contribution is -0.923. The molecule has 6 aliphatic rings. The highest BCUT2D eigenvalue weighted by Crippen LogP contribution is 2.66. The Balaban J connectivity index is 1.10. The number of likely N-dealkylation sites (tertiary alicyclic amines) is 2. The number of likely N-dealkylation sites (N-methyl/N-ethyl adjacent to an activating group) is 1. The first-order valence-corrected chi connectivity index (χ1v) is 19.5. The van der Waals surface area contributed by atoms with Gasteiger partial charge in [0.2, 0.25) is 0 Å². The van der Waals surface area contributed by atoms with E-state index in [4.69, 9.17) is 14.2 Å². The second kappa shape index (κ2) is 13.1. The van der Waals surface area contributed by atoms with Crippen molar-refractivity contribution in [3.63, 3.8) is 0 Å². The number of rotatable bonds is 8. The molecular formula is C42H64N2O4+2. The van der Waals surface area contributed by atoms with Crippen molar-refractivity contribution in [3.05, 3.63) is 41.0 Å². The first-order valence-electron chi connectivity index (χ1n) is 19.5. The van der Waals surface area contributed by atoms with Gasteiger partial charge in [0.15, 0.2) is 11.5 Å². The number of allylic oxidation sites excluding steroid dienone is 1. The topological polar surface area (TPSA) is 44.8 Å². The molecule has 6 heteroatoms. The van der Waals surface area contributed by atoms with E-state index in [-0.39, 0.29) is 17.5 Å². The van der Waals surface area contributed by atoms with E-state index in [0.29, 0.717) is 23.9 Å². The molecule has 0 aromatic heterocycles. The van der Waals surface area contributed by atoms with E-state index in [1.54, 1.807) is 19.6 Å². The number of esters is 1. The molecule has 0 radical (unpaired) electrons.